The van der Waals surface area contributed by atoms with Crippen LogP contribution in [0.15, 0.2) is 47.7 Å². The van der Waals surface area contributed by atoms with Crippen LogP contribution in [0.1, 0.15) is 0 Å². The number of benzene rings is 1. The van der Waals surface area contributed by atoms with Crippen molar-refractivity contribution in [1.29, 1.82) is 0 Å². The summed E-state index contributed by atoms with van der Waals surface area (Å²) in [6.07, 6.45) is 4.69. The summed E-state index contributed by atoms with van der Waals surface area (Å²) in [5.74, 6) is 0. The van der Waals surface area contributed by atoms with Crippen LogP contribution in [0.2, 0.25) is 0 Å². The maximum absolute atomic E-state index is 11.4. The van der Waals surface area contributed by atoms with Gasteiger partial charge in [-0.3, -0.25) is 14.8 Å². The molecule has 2 aliphatic heterocycles. The molecule has 0 fully saturated rings. The average Bonchev–Trinajstić information content (AvgIpc) is 2.62. The smallest absolute Gasteiger partial charge is 0.267 e. The molecule has 0 atom stereocenters. The van der Waals surface area contributed by atoms with Crippen LogP contribution >= 0.6 is 0 Å². The second-order valence-electron chi connectivity index (χ2n) is 3.44. The van der Waals surface area contributed by atoms with E-state index in [-0.39, 0.29) is 5.56 Å². The Bertz CT molecular complexity index is 696. The van der Waals surface area contributed by atoms with Gasteiger partial charge in [0.2, 0.25) is 0 Å². The summed E-state index contributed by atoms with van der Waals surface area (Å²) in [7, 11) is 0. The van der Waals surface area contributed by atoms with E-state index in [1.54, 1.807) is 6.20 Å². The Balaban J connectivity index is 2.46. The van der Waals surface area contributed by atoms with Gasteiger partial charge in [-0.2, -0.15) is 0 Å². The zero-order valence-electron chi connectivity index (χ0n) is 8.29. The molecule has 3 rings (SSSR count). The molecule has 0 saturated heterocycles. The normalized spacial score (nSPS) is 10.8. The Hall–Kier alpha value is -2.36. The Kier molecular flexibility index (Phi) is 1.86. The molecular weight excluding hydrogens is 202 g/mol. The van der Waals surface area contributed by atoms with Gasteiger partial charge in [0, 0.05) is 17.8 Å². The van der Waals surface area contributed by atoms with Crippen molar-refractivity contribution >= 4 is 10.9 Å². The van der Waals surface area contributed by atoms with Gasteiger partial charge in [0.15, 0.2) is 0 Å². The summed E-state index contributed by atoms with van der Waals surface area (Å²) in [5, 5.41) is 0.929. The first-order valence-corrected chi connectivity index (χ1v) is 4.84. The monoisotopic (exact) mass is 209 g/mol. The number of hydrogen-bond acceptors (Lipinski definition) is 4. The second kappa shape index (κ2) is 3.34. The molecule has 0 bridgehead atoms. The van der Waals surface area contributed by atoms with Gasteiger partial charge < -0.3 is 0 Å². The van der Waals surface area contributed by atoms with E-state index in [0.717, 1.165) is 10.9 Å². The zero-order valence-corrected chi connectivity index (χ0v) is 8.29. The predicted octanol–water partition coefficient (Wildman–Crippen LogP) is 1.49. The minimum absolute atomic E-state index is 0.282. The SMILES string of the molecule is O=c1ncc2ncc3ccccc3ncc1-2. The fraction of sp³-hybridized carbons (Fsp3) is 0. The molecule has 0 N–H and O–H groups in total. The minimum atomic E-state index is -0.282. The van der Waals surface area contributed by atoms with Gasteiger partial charge in [0.05, 0.1) is 23.0 Å². The third-order valence-corrected chi connectivity index (χ3v) is 2.42. The van der Waals surface area contributed by atoms with Crippen molar-refractivity contribution in [3.05, 3.63) is 53.2 Å². The Labute approximate surface area is 91.0 Å². The summed E-state index contributed by atoms with van der Waals surface area (Å²) >= 11 is 0. The first-order valence-electron chi connectivity index (χ1n) is 4.84. The van der Waals surface area contributed by atoms with Crippen LogP contribution in [0.3, 0.4) is 0 Å². The highest BCUT2D eigenvalue weighted by Gasteiger charge is 2.07. The van der Waals surface area contributed by atoms with E-state index in [9.17, 15) is 4.79 Å². The van der Waals surface area contributed by atoms with Gasteiger partial charge in [0.1, 0.15) is 0 Å². The van der Waals surface area contributed by atoms with E-state index >= 15 is 0 Å². The predicted molar refractivity (Wildman–Crippen MR) is 60.2 cm³/mol. The molecule has 0 aromatic heterocycles. The molecule has 0 spiro atoms. The molecule has 0 aliphatic carbocycles. The van der Waals surface area contributed by atoms with Crippen LogP contribution in [0.25, 0.3) is 22.2 Å². The molecule has 76 valence electrons. The third-order valence-electron chi connectivity index (χ3n) is 2.42. The topological polar surface area (TPSA) is 55.7 Å². The van der Waals surface area contributed by atoms with Crippen molar-refractivity contribution < 1.29 is 0 Å². The van der Waals surface area contributed by atoms with E-state index in [1.807, 2.05) is 24.3 Å². The standard InChI is InChI=1S/C12H7N3O/c16-12-9-6-14-10-4-2-1-3-8(10)5-13-11(9)7-15-12/h1-7H. The van der Waals surface area contributed by atoms with Crippen LogP contribution in [0, 0.1) is 0 Å². The maximum Gasteiger partial charge on any atom is 0.280 e. The first-order chi connectivity index (χ1) is 7.84. The fourth-order valence-electron chi connectivity index (χ4n) is 1.58. The Morgan fingerprint density at radius 1 is 0.875 bits per heavy atom. The van der Waals surface area contributed by atoms with Crippen molar-refractivity contribution in [2.45, 2.75) is 0 Å². The molecule has 0 radical (unpaired) electrons. The second-order valence-corrected chi connectivity index (χ2v) is 3.44. The lowest BCUT2D eigenvalue weighted by Crippen LogP contribution is -1.99. The van der Waals surface area contributed by atoms with Crippen LogP contribution in [0.5, 0.6) is 0 Å². The van der Waals surface area contributed by atoms with Crippen LogP contribution in [-0.4, -0.2) is 15.0 Å². The summed E-state index contributed by atoms with van der Waals surface area (Å²) in [5.41, 5.74) is 1.54. The maximum atomic E-state index is 11.4. The highest BCUT2D eigenvalue weighted by atomic mass is 16.1. The van der Waals surface area contributed by atoms with Crippen molar-refractivity contribution in [3.8, 4) is 11.3 Å². The summed E-state index contributed by atoms with van der Waals surface area (Å²) in [4.78, 5) is 23.5. The molecule has 0 amide bonds. The molecular formula is C12H7N3O. The number of rotatable bonds is 0. The number of nitrogens with zero attached hydrogens (tertiary/aromatic N) is 3. The van der Waals surface area contributed by atoms with Gasteiger partial charge >= 0.3 is 0 Å². The number of fused-ring (bicyclic) bond motifs is 2. The van der Waals surface area contributed by atoms with Gasteiger partial charge in [-0.15, -0.1) is 0 Å². The molecule has 2 heterocycles. The number of para-hydroxylation sites is 1. The summed E-state index contributed by atoms with van der Waals surface area (Å²) < 4.78 is 0. The third kappa shape index (κ3) is 1.32. The van der Waals surface area contributed by atoms with Crippen LogP contribution in [-0.2, 0) is 0 Å². The van der Waals surface area contributed by atoms with Crippen LogP contribution in [0.4, 0.5) is 0 Å². The van der Waals surface area contributed by atoms with Gasteiger partial charge in [-0.05, 0) is 6.07 Å². The van der Waals surface area contributed by atoms with E-state index in [4.69, 9.17) is 0 Å². The average molecular weight is 209 g/mol. The Morgan fingerprint density at radius 3 is 2.69 bits per heavy atom. The Morgan fingerprint density at radius 2 is 1.75 bits per heavy atom. The van der Waals surface area contributed by atoms with Crippen molar-refractivity contribution in [3.63, 3.8) is 0 Å². The van der Waals surface area contributed by atoms with Crippen molar-refractivity contribution in [1.82, 2.24) is 15.0 Å². The largest absolute Gasteiger partial charge is 0.280 e. The highest BCUT2D eigenvalue weighted by molar-refractivity contribution is 5.77. The highest BCUT2D eigenvalue weighted by Crippen LogP contribution is 2.13. The quantitative estimate of drug-likeness (QED) is 0.562. The fourth-order valence-corrected chi connectivity index (χ4v) is 1.58. The lowest BCUT2D eigenvalue weighted by molar-refractivity contribution is 1.31. The lowest BCUT2D eigenvalue weighted by atomic mass is 10.2. The van der Waals surface area contributed by atoms with Crippen molar-refractivity contribution in [2.24, 2.45) is 0 Å². The molecule has 16 heavy (non-hydrogen) atoms. The van der Waals surface area contributed by atoms with Gasteiger partial charge in [-0.25, -0.2) is 4.98 Å². The number of aromatic nitrogens is 3. The first kappa shape index (κ1) is 8.91. The molecule has 0 saturated carbocycles. The molecule has 0 unspecified atom stereocenters. The van der Waals surface area contributed by atoms with Crippen molar-refractivity contribution in [2.75, 3.05) is 0 Å². The zero-order chi connectivity index (χ0) is 11.0. The molecule has 2 aliphatic rings. The lowest BCUT2D eigenvalue weighted by Gasteiger charge is -1.94. The summed E-state index contributed by atoms with van der Waals surface area (Å²) in [6, 6.07) is 7.62. The van der Waals surface area contributed by atoms with E-state index in [0.29, 0.717) is 11.3 Å². The van der Waals surface area contributed by atoms with Crippen LogP contribution < -0.4 is 5.56 Å². The molecule has 4 heteroatoms. The molecule has 4 nitrogen and oxygen atoms in total. The summed E-state index contributed by atoms with van der Waals surface area (Å²) in [6.45, 7) is 0. The van der Waals surface area contributed by atoms with E-state index in [1.165, 1.54) is 12.4 Å². The van der Waals surface area contributed by atoms with Gasteiger partial charge in [-0.1, -0.05) is 18.2 Å². The minimum Gasteiger partial charge on any atom is -0.267 e. The molecule has 1 aromatic carbocycles. The van der Waals surface area contributed by atoms with E-state index < -0.39 is 0 Å². The number of hydrogen-bond donors (Lipinski definition) is 0. The van der Waals surface area contributed by atoms with Gasteiger partial charge in [0.25, 0.3) is 5.56 Å². The van der Waals surface area contributed by atoms with E-state index in [2.05, 4.69) is 15.0 Å². The molecule has 1 aromatic rings.